The highest BCUT2D eigenvalue weighted by Crippen LogP contribution is 2.38. The lowest BCUT2D eigenvalue weighted by atomic mass is 9.88. The van der Waals surface area contributed by atoms with Gasteiger partial charge in [0, 0.05) is 31.1 Å². The van der Waals surface area contributed by atoms with Gasteiger partial charge >= 0.3 is 6.09 Å². The summed E-state index contributed by atoms with van der Waals surface area (Å²) in [6.07, 6.45) is -1.23. The zero-order chi connectivity index (χ0) is 35.8. The molecule has 4 atom stereocenters. The predicted octanol–water partition coefficient (Wildman–Crippen LogP) is 2.67. The summed E-state index contributed by atoms with van der Waals surface area (Å²) < 4.78 is 11.2. The second kappa shape index (κ2) is 15.6. The van der Waals surface area contributed by atoms with Crippen molar-refractivity contribution in [3.05, 3.63) is 95.6 Å². The number of para-hydroxylation sites is 1. The first-order valence-electron chi connectivity index (χ1n) is 15.9. The third-order valence-corrected chi connectivity index (χ3v) is 7.75. The summed E-state index contributed by atoms with van der Waals surface area (Å²) in [5, 5.41) is 24.1. The Hall–Kier alpha value is -5.43. The molecule has 13 nitrogen and oxygen atoms in total. The second-order valence-electron chi connectivity index (χ2n) is 12.8. The third kappa shape index (κ3) is 9.80. The molecule has 0 unspecified atom stereocenters. The summed E-state index contributed by atoms with van der Waals surface area (Å²) in [6, 6.07) is 19.6. The van der Waals surface area contributed by atoms with E-state index in [-0.39, 0.29) is 12.0 Å². The Labute approximate surface area is 285 Å². The van der Waals surface area contributed by atoms with Crippen molar-refractivity contribution < 1.29 is 38.6 Å². The molecule has 3 aromatic rings. The largest absolute Gasteiger partial charge is 0.489 e. The molecular formula is C36H43N5O8. The van der Waals surface area contributed by atoms with Crippen LogP contribution in [0.2, 0.25) is 0 Å². The Balaban J connectivity index is 1.43. The Kier molecular flexibility index (Phi) is 11.6. The summed E-state index contributed by atoms with van der Waals surface area (Å²) >= 11 is 0. The summed E-state index contributed by atoms with van der Waals surface area (Å²) in [5.41, 5.74) is -0.533. The van der Waals surface area contributed by atoms with Gasteiger partial charge in [-0.3, -0.25) is 19.2 Å². The van der Waals surface area contributed by atoms with E-state index in [9.17, 15) is 29.1 Å². The molecule has 0 saturated heterocycles. The van der Waals surface area contributed by atoms with Crippen molar-refractivity contribution >= 4 is 35.4 Å². The van der Waals surface area contributed by atoms with Gasteiger partial charge in [-0.05, 0) is 57.0 Å². The molecule has 0 bridgehead atoms. The fourth-order valence-corrected chi connectivity index (χ4v) is 5.22. The number of fused-ring (bicyclic) bond motifs is 1. The van der Waals surface area contributed by atoms with Crippen LogP contribution in [0.5, 0.6) is 5.75 Å². The highest BCUT2D eigenvalue weighted by molar-refractivity contribution is 6.05. The van der Waals surface area contributed by atoms with Crippen LogP contribution in [0.3, 0.4) is 0 Å². The molecule has 49 heavy (non-hydrogen) atoms. The van der Waals surface area contributed by atoms with Crippen LogP contribution in [-0.4, -0.2) is 65.6 Å². The zero-order valence-corrected chi connectivity index (χ0v) is 28.2. The molecular weight excluding hydrogens is 630 g/mol. The molecule has 1 heterocycles. The SMILES string of the molecule is CNC(=O)[C@H](C[C@@]1(O)C(=O)Nc2ccccc21)NC(=O)[C@H](C)NC(=O)[C@H](Cc1ccc(OCc2ccccc2)cc1)NC(=O)OC(C)(C)C. The standard InChI is InChI=1S/C36H43N5O8/c1-22(30(42)39-29(31(43)37-5)20-36(47)26-13-9-10-14-27(26)40-33(36)45)38-32(44)28(41-34(46)49-35(2,3)4)19-23-15-17-25(18-16-23)48-21-24-11-7-6-8-12-24/h6-18,22,28-29,47H,19-21H2,1-5H3,(H,37,43)(H,38,44)(H,39,42)(H,40,45)(H,41,46)/t22-,28-,29-,36-/m0/s1. The Morgan fingerprint density at radius 2 is 1.47 bits per heavy atom. The van der Waals surface area contributed by atoms with Gasteiger partial charge in [0.25, 0.3) is 5.91 Å². The van der Waals surface area contributed by atoms with Crippen molar-refractivity contribution in [3.8, 4) is 5.75 Å². The van der Waals surface area contributed by atoms with Crippen molar-refractivity contribution in [1.82, 2.24) is 21.3 Å². The first-order valence-corrected chi connectivity index (χ1v) is 15.9. The number of carbonyl (C=O) groups is 5. The molecule has 3 aromatic carbocycles. The Morgan fingerprint density at radius 3 is 2.12 bits per heavy atom. The van der Waals surface area contributed by atoms with Crippen LogP contribution in [0.15, 0.2) is 78.9 Å². The van der Waals surface area contributed by atoms with Gasteiger partial charge in [0.05, 0.1) is 0 Å². The van der Waals surface area contributed by atoms with E-state index in [1.807, 2.05) is 30.3 Å². The number of anilines is 1. The van der Waals surface area contributed by atoms with Crippen LogP contribution >= 0.6 is 0 Å². The average Bonchev–Trinajstić information content (AvgIpc) is 3.31. The molecule has 1 aliphatic rings. The van der Waals surface area contributed by atoms with Crippen molar-refractivity contribution in [2.24, 2.45) is 0 Å². The molecule has 4 rings (SSSR count). The number of aliphatic hydroxyl groups is 1. The van der Waals surface area contributed by atoms with E-state index >= 15 is 0 Å². The molecule has 0 radical (unpaired) electrons. The van der Waals surface area contributed by atoms with E-state index in [2.05, 4.69) is 26.6 Å². The van der Waals surface area contributed by atoms with Gasteiger partial charge in [-0.25, -0.2) is 4.79 Å². The molecule has 0 aromatic heterocycles. The van der Waals surface area contributed by atoms with Gasteiger partial charge in [0.15, 0.2) is 5.60 Å². The highest BCUT2D eigenvalue weighted by Gasteiger charge is 2.48. The number of benzene rings is 3. The quantitative estimate of drug-likeness (QED) is 0.160. The first kappa shape index (κ1) is 36.4. The highest BCUT2D eigenvalue weighted by atomic mass is 16.6. The number of carbonyl (C=O) groups excluding carboxylic acids is 5. The molecule has 0 spiro atoms. The van der Waals surface area contributed by atoms with Gasteiger partial charge in [-0.15, -0.1) is 0 Å². The van der Waals surface area contributed by atoms with Crippen LogP contribution < -0.4 is 31.3 Å². The van der Waals surface area contributed by atoms with Gasteiger partial charge in [0.2, 0.25) is 17.7 Å². The summed E-state index contributed by atoms with van der Waals surface area (Å²) in [6.45, 7) is 6.86. The monoisotopic (exact) mass is 673 g/mol. The topological polar surface area (TPSA) is 184 Å². The number of hydrogen-bond acceptors (Lipinski definition) is 8. The molecule has 0 aliphatic carbocycles. The minimum atomic E-state index is -2.09. The number of hydrogen-bond donors (Lipinski definition) is 6. The number of amides is 5. The van der Waals surface area contributed by atoms with Gasteiger partial charge in [-0.2, -0.15) is 0 Å². The molecule has 260 valence electrons. The van der Waals surface area contributed by atoms with E-state index < -0.39 is 65.5 Å². The minimum Gasteiger partial charge on any atom is -0.489 e. The third-order valence-electron chi connectivity index (χ3n) is 7.75. The molecule has 13 heteroatoms. The number of nitrogens with one attached hydrogen (secondary N) is 5. The van der Waals surface area contributed by atoms with Gasteiger partial charge in [0.1, 0.15) is 36.1 Å². The maximum atomic E-state index is 13.5. The van der Waals surface area contributed by atoms with Crippen molar-refractivity contribution in [3.63, 3.8) is 0 Å². The van der Waals surface area contributed by atoms with E-state index in [0.717, 1.165) is 5.56 Å². The second-order valence-corrected chi connectivity index (χ2v) is 12.8. The number of alkyl carbamates (subject to hydrolysis) is 1. The minimum absolute atomic E-state index is 0.0563. The molecule has 1 aliphatic heterocycles. The van der Waals surface area contributed by atoms with Crippen LogP contribution in [-0.2, 0) is 42.5 Å². The lowest BCUT2D eigenvalue weighted by molar-refractivity contribution is -0.139. The normalized spacial score (nSPS) is 17.0. The molecule has 0 fully saturated rings. The summed E-state index contributed by atoms with van der Waals surface area (Å²) in [7, 11) is 1.36. The van der Waals surface area contributed by atoms with Crippen molar-refractivity contribution in [2.75, 3.05) is 12.4 Å². The fourth-order valence-electron chi connectivity index (χ4n) is 5.22. The van der Waals surface area contributed by atoms with Crippen molar-refractivity contribution in [1.29, 1.82) is 0 Å². The maximum Gasteiger partial charge on any atom is 0.408 e. The molecule has 5 amide bonds. The van der Waals surface area contributed by atoms with Crippen LogP contribution in [0.4, 0.5) is 10.5 Å². The van der Waals surface area contributed by atoms with E-state index in [1.54, 1.807) is 69.3 Å². The first-order chi connectivity index (χ1) is 23.2. The van der Waals surface area contributed by atoms with Crippen molar-refractivity contribution in [2.45, 2.75) is 76.5 Å². The smallest absolute Gasteiger partial charge is 0.408 e. The van der Waals surface area contributed by atoms with Crippen LogP contribution in [0.1, 0.15) is 50.8 Å². The maximum absolute atomic E-state index is 13.5. The fraction of sp³-hybridized carbons (Fsp3) is 0.361. The van der Waals surface area contributed by atoms with E-state index in [1.165, 1.54) is 14.0 Å². The molecule has 6 N–H and O–H groups in total. The lowest BCUT2D eigenvalue weighted by Gasteiger charge is -2.28. The predicted molar refractivity (Wildman–Crippen MR) is 181 cm³/mol. The van der Waals surface area contributed by atoms with Gasteiger partial charge in [-0.1, -0.05) is 60.7 Å². The summed E-state index contributed by atoms with van der Waals surface area (Å²) in [5.74, 6) is -2.21. The number of rotatable bonds is 13. The number of likely N-dealkylation sites (N-methyl/N-ethyl adjacent to an activating group) is 1. The molecule has 0 saturated carbocycles. The Morgan fingerprint density at radius 1 is 0.816 bits per heavy atom. The summed E-state index contributed by atoms with van der Waals surface area (Å²) in [4.78, 5) is 65.1. The average molecular weight is 674 g/mol. The van der Waals surface area contributed by atoms with Gasteiger partial charge < -0.3 is 41.2 Å². The van der Waals surface area contributed by atoms with E-state index in [4.69, 9.17) is 9.47 Å². The van der Waals surface area contributed by atoms with Crippen LogP contribution in [0, 0.1) is 0 Å². The lowest BCUT2D eigenvalue weighted by Crippen LogP contribution is -2.57. The van der Waals surface area contributed by atoms with E-state index in [0.29, 0.717) is 23.6 Å². The Bertz CT molecular complexity index is 1660. The number of ether oxygens (including phenoxy) is 2. The van der Waals surface area contributed by atoms with Crippen LogP contribution in [0.25, 0.3) is 0 Å². The zero-order valence-electron chi connectivity index (χ0n) is 28.2.